The Morgan fingerprint density at radius 2 is 1.52 bits per heavy atom. The lowest BCUT2D eigenvalue weighted by atomic mass is 10.0. The third kappa shape index (κ3) is 7.77. The summed E-state index contributed by atoms with van der Waals surface area (Å²) in [6.45, 7) is 15.4. The fourth-order valence-corrected chi connectivity index (χ4v) is 3.14. The molecule has 0 bridgehead atoms. The van der Waals surface area contributed by atoms with E-state index in [1.165, 1.54) is 0 Å². The van der Waals surface area contributed by atoms with Gasteiger partial charge in [-0.15, -0.1) is 0 Å². The molecule has 0 heterocycles. The molecule has 5 heteroatoms. The minimum atomic E-state index is -1.14. The van der Waals surface area contributed by atoms with E-state index in [4.69, 9.17) is 14.2 Å². The average Bonchev–Trinajstić information content (AvgIpc) is 2.72. The average molecular weight is 453 g/mol. The predicted molar refractivity (Wildman–Crippen MR) is 132 cm³/mol. The van der Waals surface area contributed by atoms with Gasteiger partial charge in [0.25, 0.3) is 0 Å². The number of carbonyl (C=O) groups is 2. The van der Waals surface area contributed by atoms with Crippen LogP contribution in [0.1, 0.15) is 75.0 Å². The molecule has 0 aliphatic rings. The zero-order chi connectivity index (χ0) is 24.8. The summed E-state index contributed by atoms with van der Waals surface area (Å²) in [6, 6.07) is 11.0. The molecule has 0 N–H and O–H groups in total. The van der Waals surface area contributed by atoms with E-state index in [2.05, 4.69) is 0 Å². The van der Waals surface area contributed by atoms with Gasteiger partial charge >= 0.3 is 5.97 Å². The van der Waals surface area contributed by atoms with Crippen LogP contribution < -0.4 is 9.47 Å². The van der Waals surface area contributed by atoms with Gasteiger partial charge in [0.15, 0.2) is 11.4 Å². The second-order valence-corrected chi connectivity index (χ2v) is 9.67. The normalized spacial score (nSPS) is 12.0. The molecule has 0 atom stereocenters. The van der Waals surface area contributed by atoms with Gasteiger partial charge < -0.3 is 14.2 Å². The first kappa shape index (κ1) is 26.2. The van der Waals surface area contributed by atoms with Crippen LogP contribution in [0.3, 0.4) is 0 Å². The number of ketones is 1. The highest BCUT2D eigenvalue weighted by Gasteiger charge is 2.35. The molecule has 0 amide bonds. The van der Waals surface area contributed by atoms with Gasteiger partial charge in [0.05, 0.1) is 6.61 Å². The maximum absolute atomic E-state index is 12.6. The number of benzene rings is 2. The van der Waals surface area contributed by atoms with E-state index in [0.29, 0.717) is 17.9 Å². The molecule has 0 spiro atoms. The van der Waals surface area contributed by atoms with Crippen LogP contribution in [0.25, 0.3) is 6.08 Å². The Balaban J connectivity index is 2.13. The molecule has 0 aliphatic carbocycles. The second-order valence-electron chi connectivity index (χ2n) is 9.67. The molecule has 33 heavy (non-hydrogen) atoms. The number of ether oxygens (including phenoxy) is 3. The SMILES string of the molecule is CCCOc1ccc(C(=O)C=Cc2cc(C)c(OC(C)(C)C(=O)OC(C)(C)C)c(C)c2)cc1. The van der Waals surface area contributed by atoms with Crippen molar-refractivity contribution in [3.8, 4) is 11.5 Å². The van der Waals surface area contributed by atoms with Crippen molar-refractivity contribution >= 4 is 17.8 Å². The van der Waals surface area contributed by atoms with Crippen LogP contribution in [0.2, 0.25) is 0 Å². The Bertz CT molecular complexity index is 985. The molecule has 0 fully saturated rings. The Morgan fingerprint density at radius 1 is 0.939 bits per heavy atom. The molecule has 0 aromatic heterocycles. The summed E-state index contributed by atoms with van der Waals surface area (Å²) in [6.07, 6.45) is 4.28. The van der Waals surface area contributed by atoms with Crippen molar-refractivity contribution in [3.63, 3.8) is 0 Å². The number of carbonyl (C=O) groups excluding carboxylic acids is 2. The van der Waals surface area contributed by atoms with Gasteiger partial charge in [-0.3, -0.25) is 4.79 Å². The largest absolute Gasteiger partial charge is 0.494 e. The summed E-state index contributed by atoms with van der Waals surface area (Å²) in [5.41, 5.74) is 1.49. The quantitative estimate of drug-likeness (QED) is 0.247. The third-order valence-corrected chi connectivity index (χ3v) is 4.77. The molecular weight excluding hydrogens is 416 g/mol. The van der Waals surface area contributed by atoms with Gasteiger partial charge in [0.2, 0.25) is 0 Å². The first-order chi connectivity index (χ1) is 15.3. The third-order valence-electron chi connectivity index (χ3n) is 4.77. The number of hydrogen-bond acceptors (Lipinski definition) is 5. The molecule has 2 aromatic carbocycles. The van der Waals surface area contributed by atoms with Crippen molar-refractivity contribution in [1.82, 2.24) is 0 Å². The fourth-order valence-electron chi connectivity index (χ4n) is 3.14. The van der Waals surface area contributed by atoms with Crippen molar-refractivity contribution in [2.45, 2.75) is 73.0 Å². The van der Waals surface area contributed by atoms with Crippen molar-refractivity contribution in [2.24, 2.45) is 0 Å². The highest BCUT2D eigenvalue weighted by molar-refractivity contribution is 6.06. The van der Waals surface area contributed by atoms with Gasteiger partial charge in [-0.2, -0.15) is 0 Å². The zero-order valence-electron chi connectivity index (χ0n) is 21.1. The van der Waals surface area contributed by atoms with Crippen LogP contribution >= 0.6 is 0 Å². The minimum Gasteiger partial charge on any atom is -0.494 e. The summed E-state index contributed by atoms with van der Waals surface area (Å²) in [5, 5.41) is 0. The molecule has 0 aliphatic heterocycles. The van der Waals surface area contributed by atoms with Gasteiger partial charge in [-0.05, 0) is 114 Å². The van der Waals surface area contributed by atoms with E-state index in [1.807, 2.05) is 65.8 Å². The Morgan fingerprint density at radius 3 is 2.03 bits per heavy atom. The molecule has 5 nitrogen and oxygen atoms in total. The lowest BCUT2D eigenvalue weighted by molar-refractivity contribution is -0.171. The van der Waals surface area contributed by atoms with Gasteiger partial charge in [-0.1, -0.05) is 13.0 Å². The molecule has 0 unspecified atom stereocenters. The number of hydrogen-bond donors (Lipinski definition) is 0. The van der Waals surface area contributed by atoms with Gasteiger partial charge in [0.1, 0.15) is 17.1 Å². The van der Waals surface area contributed by atoms with E-state index in [9.17, 15) is 9.59 Å². The molecule has 2 aromatic rings. The molecule has 2 rings (SSSR count). The standard InChI is InChI=1S/C28H36O5/c1-9-16-31-23-13-11-22(12-14-23)24(29)15-10-21-17-19(2)25(20(3)18-21)32-28(7,8)26(30)33-27(4,5)6/h10-15,17-18H,9,16H2,1-8H3. The topological polar surface area (TPSA) is 61.8 Å². The van der Waals surface area contributed by atoms with Crippen molar-refractivity contribution in [3.05, 3.63) is 64.7 Å². The number of aryl methyl sites for hydroxylation is 2. The predicted octanol–water partition coefficient (Wildman–Crippen LogP) is 6.49. The summed E-state index contributed by atoms with van der Waals surface area (Å²) in [4.78, 5) is 25.1. The summed E-state index contributed by atoms with van der Waals surface area (Å²) in [5.74, 6) is 0.888. The molecule has 178 valence electrons. The van der Waals surface area contributed by atoms with Crippen molar-refractivity contribution in [2.75, 3.05) is 6.61 Å². The van der Waals surface area contributed by atoms with E-state index < -0.39 is 17.2 Å². The Kier molecular flexibility index (Phi) is 8.48. The first-order valence-corrected chi connectivity index (χ1v) is 11.3. The van der Waals surface area contributed by atoms with Crippen LogP contribution in [-0.2, 0) is 9.53 Å². The van der Waals surface area contributed by atoms with Crippen LogP contribution in [-0.4, -0.2) is 29.6 Å². The highest BCUT2D eigenvalue weighted by Crippen LogP contribution is 2.30. The number of rotatable bonds is 9. The van der Waals surface area contributed by atoms with E-state index >= 15 is 0 Å². The lowest BCUT2D eigenvalue weighted by Crippen LogP contribution is -2.43. The summed E-state index contributed by atoms with van der Waals surface area (Å²) >= 11 is 0. The van der Waals surface area contributed by atoms with Crippen LogP contribution in [0.4, 0.5) is 0 Å². The highest BCUT2D eigenvalue weighted by atomic mass is 16.6. The van der Waals surface area contributed by atoms with Crippen LogP contribution in [0.15, 0.2) is 42.5 Å². The lowest BCUT2D eigenvalue weighted by Gasteiger charge is -2.30. The number of esters is 1. The number of allylic oxidation sites excluding steroid dienone is 1. The molecular formula is C28H36O5. The van der Waals surface area contributed by atoms with E-state index in [0.717, 1.165) is 28.9 Å². The van der Waals surface area contributed by atoms with Crippen LogP contribution in [0, 0.1) is 13.8 Å². The summed E-state index contributed by atoms with van der Waals surface area (Å²) < 4.78 is 17.1. The van der Waals surface area contributed by atoms with E-state index in [1.54, 1.807) is 38.1 Å². The van der Waals surface area contributed by atoms with Crippen LogP contribution in [0.5, 0.6) is 11.5 Å². The smallest absolute Gasteiger partial charge is 0.350 e. The molecule has 0 saturated carbocycles. The minimum absolute atomic E-state index is 0.0845. The zero-order valence-corrected chi connectivity index (χ0v) is 21.1. The maximum atomic E-state index is 12.6. The Hall–Kier alpha value is -3.08. The first-order valence-electron chi connectivity index (χ1n) is 11.3. The fraction of sp³-hybridized carbons (Fsp3) is 0.429. The van der Waals surface area contributed by atoms with Gasteiger partial charge in [-0.25, -0.2) is 4.79 Å². The molecule has 0 saturated heterocycles. The Labute approximate surface area is 197 Å². The molecule has 0 radical (unpaired) electrons. The second kappa shape index (κ2) is 10.7. The van der Waals surface area contributed by atoms with Crippen molar-refractivity contribution in [1.29, 1.82) is 0 Å². The maximum Gasteiger partial charge on any atom is 0.350 e. The summed E-state index contributed by atoms with van der Waals surface area (Å²) in [7, 11) is 0. The van der Waals surface area contributed by atoms with Crippen molar-refractivity contribution < 1.29 is 23.8 Å². The van der Waals surface area contributed by atoms with Gasteiger partial charge in [0, 0.05) is 5.56 Å². The van der Waals surface area contributed by atoms with E-state index in [-0.39, 0.29) is 5.78 Å². The monoisotopic (exact) mass is 452 g/mol.